The third kappa shape index (κ3) is 11.4. The highest BCUT2D eigenvalue weighted by Crippen LogP contribution is 2.12. The lowest BCUT2D eigenvalue weighted by atomic mass is 9.98. The number of nitrogens with zero attached hydrogens (tertiary/aromatic N) is 1. The summed E-state index contributed by atoms with van der Waals surface area (Å²) in [7, 11) is 0. The average Bonchev–Trinajstić information content (AvgIpc) is 2.33. The van der Waals surface area contributed by atoms with Crippen LogP contribution in [-0.2, 0) is 4.79 Å². The molecule has 0 amide bonds. The second-order valence-corrected chi connectivity index (χ2v) is 4.02. The number of carboxylic acids is 1. The minimum Gasteiger partial charge on any atom is -0.481 e. The van der Waals surface area contributed by atoms with Crippen LogP contribution >= 0.6 is 0 Å². The van der Waals surface area contributed by atoms with E-state index in [4.69, 9.17) is 9.90 Å². The zero-order chi connectivity index (χ0) is 14.6. The van der Waals surface area contributed by atoms with Crippen LogP contribution in [0.25, 0.3) is 0 Å². The summed E-state index contributed by atoms with van der Waals surface area (Å²) in [5, 5.41) is 17.3. The average molecular weight is 257 g/mol. The first kappa shape index (κ1) is 19.3. The Kier molecular flexibility index (Phi) is 11.9. The van der Waals surface area contributed by atoms with Crippen LogP contribution in [0, 0.1) is 11.8 Å². The van der Waals surface area contributed by atoms with Crippen LogP contribution in [0.15, 0.2) is 0 Å². The van der Waals surface area contributed by atoms with Crippen molar-refractivity contribution in [3.63, 3.8) is 0 Å². The largest absolute Gasteiger partial charge is 0.481 e. The summed E-state index contributed by atoms with van der Waals surface area (Å²) in [6.07, 6.45) is 1.41. The summed E-state index contributed by atoms with van der Waals surface area (Å²) in [6.45, 7) is 12.1. The number of carbonyl (C=O) groups is 1. The van der Waals surface area contributed by atoms with Gasteiger partial charge in [0, 0.05) is 6.92 Å². The number of hydrogen-bond donors (Lipinski definition) is 2. The molecular formula is C14H27NO3. The number of hydrogen-bond acceptors (Lipinski definition) is 3. The Balaban J connectivity index is 0. The minimum absolute atomic E-state index is 0.703. The van der Waals surface area contributed by atoms with Crippen LogP contribution in [-0.4, -0.2) is 46.3 Å². The van der Waals surface area contributed by atoms with Gasteiger partial charge in [-0.25, -0.2) is 0 Å². The lowest BCUT2D eigenvalue weighted by Gasteiger charge is -2.18. The Bertz CT molecular complexity index is 266. The van der Waals surface area contributed by atoms with Gasteiger partial charge in [-0.3, -0.25) is 9.69 Å². The molecule has 0 aliphatic rings. The monoisotopic (exact) mass is 257 g/mol. The van der Waals surface area contributed by atoms with Gasteiger partial charge < -0.3 is 10.2 Å². The van der Waals surface area contributed by atoms with Crippen molar-refractivity contribution in [2.24, 2.45) is 0 Å². The van der Waals surface area contributed by atoms with E-state index in [1.54, 1.807) is 0 Å². The van der Waals surface area contributed by atoms with Gasteiger partial charge in [-0.05, 0) is 25.9 Å². The summed E-state index contributed by atoms with van der Waals surface area (Å²) in [5.41, 5.74) is -0.771. The predicted octanol–water partition coefficient (Wildman–Crippen LogP) is 1.97. The summed E-state index contributed by atoms with van der Waals surface area (Å²) in [5.74, 6) is 5.18. The van der Waals surface area contributed by atoms with Crippen molar-refractivity contribution in [3.05, 3.63) is 0 Å². The van der Waals surface area contributed by atoms with Gasteiger partial charge in [-0.1, -0.05) is 39.5 Å². The topological polar surface area (TPSA) is 60.8 Å². The predicted molar refractivity (Wildman–Crippen MR) is 74.4 cm³/mol. The maximum atomic E-state index is 9.89. The highest BCUT2D eigenvalue weighted by molar-refractivity contribution is 5.62. The van der Waals surface area contributed by atoms with Gasteiger partial charge in [-0.2, -0.15) is 0 Å². The fraction of sp³-hybridized carbons (Fsp3) is 0.786. The third-order valence-corrected chi connectivity index (χ3v) is 2.69. The van der Waals surface area contributed by atoms with Crippen molar-refractivity contribution >= 4 is 5.97 Å². The summed E-state index contributed by atoms with van der Waals surface area (Å²) < 4.78 is 0. The molecule has 0 rings (SSSR count). The van der Waals surface area contributed by atoms with Crippen molar-refractivity contribution in [3.8, 4) is 11.8 Å². The smallest absolute Gasteiger partial charge is 0.300 e. The van der Waals surface area contributed by atoms with Crippen molar-refractivity contribution in [2.75, 3.05) is 19.6 Å². The van der Waals surface area contributed by atoms with Crippen molar-refractivity contribution in [1.29, 1.82) is 0 Å². The molecule has 0 heterocycles. The maximum absolute atomic E-state index is 9.89. The van der Waals surface area contributed by atoms with Gasteiger partial charge >= 0.3 is 0 Å². The second kappa shape index (κ2) is 11.1. The van der Waals surface area contributed by atoms with Gasteiger partial charge in [0.25, 0.3) is 5.97 Å². The first-order valence-corrected chi connectivity index (χ1v) is 6.49. The summed E-state index contributed by atoms with van der Waals surface area (Å²) >= 11 is 0. The quantitative estimate of drug-likeness (QED) is 0.739. The van der Waals surface area contributed by atoms with Crippen LogP contribution in [0.4, 0.5) is 0 Å². The number of rotatable bonds is 5. The minimum atomic E-state index is -0.833. The Labute approximate surface area is 111 Å². The molecule has 0 aromatic carbocycles. The molecular weight excluding hydrogens is 230 g/mol. The van der Waals surface area contributed by atoms with E-state index in [1.165, 1.54) is 0 Å². The van der Waals surface area contributed by atoms with Crippen molar-refractivity contribution in [1.82, 2.24) is 4.90 Å². The molecule has 4 nitrogen and oxygen atoms in total. The van der Waals surface area contributed by atoms with Crippen LogP contribution in [0.1, 0.15) is 47.5 Å². The highest BCUT2D eigenvalue weighted by atomic mass is 16.4. The van der Waals surface area contributed by atoms with E-state index in [9.17, 15) is 5.11 Å². The van der Waals surface area contributed by atoms with E-state index in [2.05, 4.69) is 30.6 Å². The normalized spacial score (nSPS) is 10.2. The lowest BCUT2D eigenvalue weighted by molar-refractivity contribution is -0.134. The van der Waals surface area contributed by atoms with E-state index in [0.717, 1.165) is 26.6 Å². The molecule has 18 heavy (non-hydrogen) atoms. The highest BCUT2D eigenvalue weighted by Gasteiger charge is 2.17. The molecule has 0 unspecified atom stereocenters. The number of carboxylic acid groups (broad SMARTS) is 1. The van der Waals surface area contributed by atoms with Crippen molar-refractivity contribution < 1.29 is 15.0 Å². The molecule has 0 bridgehead atoms. The fourth-order valence-electron chi connectivity index (χ4n) is 1.19. The Morgan fingerprint density at radius 2 is 1.56 bits per heavy atom. The van der Waals surface area contributed by atoms with E-state index >= 15 is 0 Å². The Morgan fingerprint density at radius 1 is 1.17 bits per heavy atom. The van der Waals surface area contributed by atoms with Crippen LogP contribution in [0.2, 0.25) is 0 Å². The van der Waals surface area contributed by atoms with E-state index < -0.39 is 11.6 Å². The molecule has 0 atom stereocenters. The van der Waals surface area contributed by atoms with Gasteiger partial charge in [0.1, 0.15) is 5.60 Å². The molecule has 0 aromatic rings. The number of aliphatic carboxylic acids is 1. The molecule has 0 aliphatic heterocycles. The van der Waals surface area contributed by atoms with E-state index in [1.807, 2.05) is 13.8 Å². The second-order valence-electron chi connectivity index (χ2n) is 4.02. The lowest BCUT2D eigenvalue weighted by Crippen LogP contribution is -2.26. The maximum Gasteiger partial charge on any atom is 0.300 e. The number of aliphatic hydroxyl groups is 1. The van der Waals surface area contributed by atoms with E-state index in [-0.39, 0.29) is 0 Å². The fourth-order valence-corrected chi connectivity index (χ4v) is 1.19. The first-order chi connectivity index (χ1) is 8.35. The van der Waals surface area contributed by atoms with E-state index in [0.29, 0.717) is 12.8 Å². The van der Waals surface area contributed by atoms with Gasteiger partial charge in [0.15, 0.2) is 0 Å². The molecule has 0 spiro atoms. The van der Waals surface area contributed by atoms with Gasteiger partial charge in [0.2, 0.25) is 0 Å². The molecule has 2 N–H and O–H groups in total. The van der Waals surface area contributed by atoms with Crippen LogP contribution in [0.3, 0.4) is 0 Å². The Hall–Kier alpha value is -1.05. The standard InChI is InChI=1S/C12H23NO.C2H4O2/c1-5-12(14,6-2)10-9-11-13(7-3)8-4;1-2(3)4/h14H,5-8,11H2,1-4H3;1H3,(H,3,4). The van der Waals surface area contributed by atoms with Crippen LogP contribution in [0.5, 0.6) is 0 Å². The Morgan fingerprint density at radius 3 is 1.83 bits per heavy atom. The van der Waals surface area contributed by atoms with Gasteiger partial charge in [0.05, 0.1) is 6.54 Å². The summed E-state index contributed by atoms with van der Waals surface area (Å²) in [6, 6.07) is 0. The molecule has 0 saturated heterocycles. The third-order valence-electron chi connectivity index (χ3n) is 2.69. The molecule has 0 aromatic heterocycles. The molecule has 0 radical (unpaired) electrons. The molecule has 0 aliphatic carbocycles. The van der Waals surface area contributed by atoms with Crippen LogP contribution < -0.4 is 0 Å². The molecule has 106 valence electrons. The molecule has 0 fully saturated rings. The van der Waals surface area contributed by atoms with Gasteiger partial charge in [-0.15, -0.1) is 0 Å². The summed E-state index contributed by atoms with van der Waals surface area (Å²) in [4.78, 5) is 11.2. The first-order valence-electron chi connectivity index (χ1n) is 6.49. The molecule has 4 heteroatoms. The molecule has 0 saturated carbocycles. The van der Waals surface area contributed by atoms with Crippen molar-refractivity contribution in [2.45, 2.75) is 53.1 Å². The zero-order valence-corrected chi connectivity index (χ0v) is 12.3. The SMILES string of the molecule is CC(=O)O.CCN(CC)CC#CC(O)(CC)CC. The zero-order valence-electron chi connectivity index (χ0n) is 12.3.